The molecule has 0 amide bonds. The van der Waals surface area contributed by atoms with E-state index in [2.05, 4.69) is 0 Å². The Balaban J connectivity index is 2.14. The van der Waals surface area contributed by atoms with Gasteiger partial charge in [0.05, 0.1) is 12.6 Å². The van der Waals surface area contributed by atoms with Gasteiger partial charge in [-0.25, -0.2) is 0 Å². The second kappa shape index (κ2) is 6.04. The number of aromatic nitrogens is 1. The van der Waals surface area contributed by atoms with Gasteiger partial charge < -0.3 is 19.1 Å². The molecule has 0 spiro atoms. The van der Waals surface area contributed by atoms with Crippen molar-refractivity contribution in [1.82, 2.24) is 4.57 Å². The fourth-order valence-electron chi connectivity index (χ4n) is 2.52. The Bertz CT molecular complexity index is 900. The first-order valence-electron chi connectivity index (χ1n) is 7.18. The maximum atomic E-state index is 12.4. The van der Waals surface area contributed by atoms with Gasteiger partial charge in [0.2, 0.25) is 5.75 Å². The van der Waals surface area contributed by atoms with Gasteiger partial charge in [0, 0.05) is 18.5 Å². The molecular formula is C18H17NO4. The SMILES string of the molecule is COc1c(OCc2ccccc2)c2ccc(O)cc2n(C)c1=O. The number of aromatic hydroxyl groups is 1. The van der Waals surface area contributed by atoms with E-state index in [-0.39, 0.29) is 17.1 Å². The van der Waals surface area contributed by atoms with Crippen molar-refractivity contribution in [3.63, 3.8) is 0 Å². The molecule has 3 aromatic rings. The van der Waals surface area contributed by atoms with Crippen LogP contribution in [0, 0.1) is 0 Å². The monoisotopic (exact) mass is 311 g/mol. The molecule has 0 unspecified atom stereocenters. The highest BCUT2D eigenvalue weighted by Crippen LogP contribution is 2.34. The predicted molar refractivity (Wildman–Crippen MR) is 88.2 cm³/mol. The number of nitrogens with zero attached hydrogens (tertiary/aromatic N) is 1. The summed E-state index contributed by atoms with van der Waals surface area (Å²) in [5, 5.41) is 10.4. The molecule has 0 saturated heterocycles. The van der Waals surface area contributed by atoms with Gasteiger partial charge in [-0.3, -0.25) is 4.79 Å². The molecule has 3 rings (SSSR count). The van der Waals surface area contributed by atoms with E-state index in [1.165, 1.54) is 17.7 Å². The molecule has 0 saturated carbocycles. The number of fused-ring (bicyclic) bond motifs is 1. The largest absolute Gasteiger partial charge is 0.508 e. The Morgan fingerprint density at radius 3 is 2.52 bits per heavy atom. The van der Waals surface area contributed by atoms with Crippen molar-refractivity contribution in [3.05, 3.63) is 64.4 Å². The third kappa shape index (κ3) is 2.73. The van der Waals surface area contributed by atoms with Crippen LogP contribution in [0.1, 0.15) is 5.56 Å². The summed E-state index contributed by atoms with van der Waals surface area (Å²) in [6.07, 6.45) is 0. The maximum absolute atomic E-state index is 12.4. The first kappa shape index (κ1) is 15.0. The summed E-state index contributed by atoms with van der Waals surface area (Å²) in [7, 11) is 3.08. The Morgan fingerprint density at radius 2 is 1.83 bits per heavy atom. The van der Waals surface area contributed by atoms with Crippen LogP contribution in [0.2, 0.25) is 0 Å². The van der Waals surface area contributed by atoms with Crippen LogP contribution in [0.25, 0.3) is 10.9 Å². The lowest BCUT2D eigenvalue weighted by Crippen LogP contribution is -2.20. The minimum absolute atomic E-state index is 0.0895. The quantitative estimate of drug-likeness (QED) is 0.805. The fourth-order valence-corrected chi connectivity index (χ4v) is 2.52. The number of pyridine rings is 1. The van der Waals surface area contributed by atoms with Crippen molar-refractivity contribution >= 4 is 10.9 Å². The summed E-state index contributed by atoms with van der Waals surface area (Å²) in [6, 6.07) is 14.5. The van der Waals surface area contributed by atoms with E-state index in [4.69, 9.17) is 9.47 Å². The van der Waals surface area contributed by atoms with E-state index >= 15 is 0 Å². The van der Waals surface area contributed by atoms with E-state index in [1.807, 2.05) is 30.3 Å². The summed E-state index contributed by atoms with van der Waals surface area (Å²) >= 11 is 0. The minimum Gasteiger partial charge on any atom is -0.508 e. The number of ether oxygens (including phenoxy) is 2. The summed E-state index contributed by atoms with van der Waals surface area (Å²) < 4.78 is 12.6. The van der Waals surface area contributed by atoms with Crippen LogP contribution in [0.4, 0.5) is 0 Å². The second-order valence-corrected chi connectivity index (χ2v) is 5.20. The fraction of sp³-hybridized carbons (Fsp3) is 0.167. The number of aryl methyl sites for hydroxylation is 1. The Kier molecular flexibility index (Phi) is 3.93. The molecule has 1 aromatic heterocycles. The van der Waals surface area contributed by atoms with Crippen LogP contribution >= 0.6 is 0 Å². The van der Waals surface area contributed by atoms with Crippen molar-refractivity contribution < 1.29 is 14.6 Å². The Labute approximate surface area is 133 Å². The average Bonchev–Trinajstić information content (AvgIpc) is 2.58. The van der Waals surface area contributed by atoms with Crippen molar-refractivity contribution in [1.29, 1.82) is 0 Å². The third-order valence-corrected chi connectivity index (χ3v) is 3.72. The number of methoxy groups -OCH3 is 1. The summed E-state index contributed by atoms with van der Waals surface area (Å²) in [5.41, 5.74) is 1.26. The van der Waals surface area contributed by atoms with E-state index in [9.17, 15) is 9.90 Å². The van der Waals surface area contributed by atoms with Gasteiger partial charge in [0.25, 0.3) is 5.56 Å². The maximum Gasteiger partial charge on any atom is 0.297 e. The van der Waals surface area contributed by atoms with Crippen LogP contribution in [0.5, 0.6) is 17.2 Å². The van der Waals surface area contributed by atoms with Gasteiger partial charge in [-0.15, -0.1) is 0 Å². The number of rotatable bonds is 4. The van der Waals surface area contributed by atoms with Crippen LogP contribution in [-0.2, 0) is 13.7 Å². The van der Waals surface area contributed by atoms with Crippen LogP contribution in [-0.4, -0.2) is 16.8 Å². The highest BCUT2D eigenvalue weighted by atomic mass is 16.5. The number of phenolic OH excluding ortho intramolecular Hbond substituents is 1. The molecule has 0 atom stereocenters. The van der Waals surface area contributed by atoms with Crippen LogP contribution < -0.4 is 15.0 Å². The molecule has 0 aliphatic heterocycles. The normalized spacial score (nSPS) is 10.7. The smallest absolute Gasteiger partial charge is 0.297 e. The lowest BCUT2D eigenvalue weighted by molar-refractivity contribution is 0.285. The van der Waals surface area contributed by atoms with Gasteiger partial charge in [0.15, 0.2) is 5.75 Å². The number of hydrogen-bond donors (Lipinski definition) is 1. The average molecular weight is 311 g/mol. The predicted octanol–water partition coefficient (Wildman–Crippen LogP) is 2.83. The molecule has 2 aromatic carbocycles. The third-order valence-electron chi connectivity index (χ3n) is 3.72. The van der Waals surface area contributed by atoms with E-state index in [0.717, 1.165) is 5.56 Å². The number of phenols is 1. The van der Waals surface area contributed by atoms with Crippen molar-refractivity contribution in [3.8, 4) is 17.2 Å². The summed E-state index contributed by atoms with van der Waals surface area (Å²) in [5.74, 6) is 0.628. The first-order chi connectivity index (χ1) is 11.1. The zero-order chi connectivity index (χ0) is 16.4. The molecular weight excluding hydrogens is 294 g/mol. The minimum atomic E-state index is -0.311. The van der Waals surface area contributed by atoms with Crippen molar-refractivity contribution in [2.45, 2.75) is 6.61 Å². The Hall–Kier alpha value is -2.95. The molecule has 0 radical (unpaired) electrons. The lowest BCUT2D eigenvalue weighted by atomic mass is 10.1. The molecule has 1 N–H and O–H groups in total. The zero-order valence-electron chi connectivity index (χ0n) is 12.9. The molecule has 0 aliphatic carbocycles. The molecule has 0 fully saturated rings. The van der Waals surface area contributed by atoms with Gasteiger partial charge >= 0.3 is 0 Å². The van der Waals surface area contributed by atoms with E-state index in [0.29, 0.717) is 23.3 Å². The molecule has 5 heteroatoms. The highest BCUT2D eigenvalue weighted by Gasteiger charge is 2.17. The summed E-state index contributed by atoms with van der Waals surface area (Å²) in [4.78, 5) is 12.4. The zero-order valence-corrected chi connectivity index (χ0v) is 12.9. The van der Waals surface area contributed by atoms with Gasteiger partial charge in [-0.05, 0) is 17.7 Å². The second-order valence-electron chi connectivity index (χ2n) is 5.20. The molecule has 0 bridgehead atoms. The van der Waals surface area contributed by atoms with E-state index < -0.39 is 0 Å². The van der Waals surface area contributed by atoms with Gasteiger partial charge in [-0.2, -0.15) is 0 Å². The molecule has 1 heterocycles. The highest BCUT2D eigenvalue weighted by molar-refractivity contribution is 5.88. The Morgan fingerprint density at radius 1 is 1.09 bits per heavy atom. The van der Waals surface area contributed by atoms with Crippen molar-refractivity contribution in [2.24, 2.45) is 7.05 Å². The molecule has 5 nitrogen and oxygen atoms in total. The van der Waals surface area contributed by atoms with E-state index in [1.54, 1.807) is 19.2 Å². The molecule has 0 aliphatic rings. The van der Waals surface area contributed by atoms with Crippen LogP contribution in [0.15, 0.2) is 53.3 Å². The standard InChI is InChI=1S/C18H17NO4/c1-19-15-10-13(20)8-9-14(15)16(17(22-2)18(19)21)23-11-12-6-4-3-5-7-12/h3-10,20H,11H2,1-2H3. The first-order valence-corrected chi connectivity index (χ1v) is 7.18. The summed E-state index contributed by atoms with van der Waals surface area (Å²) in [6.45, 7) is 0.320. The van der Waals surface area contributed by atoms with Crippen LogP contribution in [0.3, 0.4) is 0 Å². The van der Waals surface area contributed by atoms with Crippen molar-refractivity contribution in [2.75, 3.05) is 7.11 Å². The number of hydrogen-bond acceptors (Lipinski definition) is 4. The lowest BCUT2D eigenvalue weighted by Gasteiger charge is -2.15. The topological polar surface area (TPSA) is 60.7 Å². The van der Waals surface area contributed by atoms with Gasteiger partial charge in [-0.1, -0.05) is 30.3 Å². The number of benzene rings is 2. The molecule has 118 valence electrons. The molecule has 23 heavy (non-hydrogen) atoms. The van der Waals surface area contributed by atoms with Gasteiger partial charge in [0.1, 0.15) is 12.4 Å².